The lowest BCUT2D eigenvalue weighted by molar-refractivity contribution is -0.167. The standard InChI is InChI=1S/C59H110O6/c1-4-7-10-13-16-19-22-25-28-29-32-34-37-40-43-46-49-52-58(61)64-55-56(65-59(62)53-50-47-44-41-38-35-31-27-24-21-18-15-12-9-6-3)54-63-57(60)51-48-45-42-39-36-33-30-26-23-20-17-14-11-8-5-2/h25,27-28,31,56H,4-24,26,29-30,32-55H2,1-3H3/b28-25-,31-27-/t56-/m1/s1. The predicted molar refractivity (Wildman–Crippen MR) is 279 cm³/mol. The number of esters is 3. The topological polar surface area (TPSA) is 78.9 Å². The van der Waals surface area contributed by atoms with E-state index in [1.54, 1.807) is 0 Å². The van der Waals surface area contributed by atoms with Crippen LogP contribution in [0.4, 0.5) is 0 Å². The monoisotopic (exact) mass is 915 g/mol. The van der Waals surface area contributed by atoms with E-state index in [2.05, 4.69) is 45.1 Å². The first-order chi connectivity index (χ1) is 32.0. The van der Waals surface area contributed by atoms with E-state index in [4.69, 9.17) is 14.2 Å². The zero-order valence-corrected chi connectivity index (χ0v) is 43.8. The Hall–Kier alpha value is -2.11. The van der Waals surface area contributed by atoms with Crippen LogP contribution in [-0.2, 0) is 28.6 Å². The molecule has 0 saturated heterocycles. The third-order valence-electron chi connectivity index (χ3n) is 12.9. The van der Waals surface area contributed by atoms with Gasteiger partial charge in [0.15, 0.2) is 6.10 Å². The number of carbonyl (C=O) groups is 3. The summed E-state index contributed by atoms with van der Waals surface area (Å²) in [6.45, 7) is 6.67. The first-order valence-corrected chi connectivity index (χ1v) is 28.8. The van der Waals surface area contributed by atoms with Crippen molar-refractivity contribution >= 4 is 17.9 Å². The summed E-state index contributed by atoms with van der Waals surface area (Å²) in [5.74, 6) is -0.865. The highest BCUT2D eigenvalue weighted by Crippen LogP contribution is 2.16. The predicted octanol–water partition coefficient (Wildman–Crippen LogP) is 19.1. The molecule has 0 amide bonds. The Balaban J connectivity index is 4.34. The summed E-state index contributed by atoms with van der Waals surface area (Å²) < 4.78 is 16.9. The molecule has 0 saturated carbocycles. The number of rotatable bonds is 53. The molecule has 0 unspecified atom stereocenters. The number of unbranched alkanes of at least 4 members (excludes halogenated alkanes) is 38. The van der Waals surface area contributed by atoms with Crippen LogP contribution in [0.2, 0.25) is 0 Å². The minimum Gasteiger partial charge on any atom is -0.462 e. The maximum absolute atomic E-state index is 12.8. The molecule has 6 heteroatoms. The van der Waals surface area contributed by atoms with E-state index in [-0.39, 0.29) is 31.1 Å². The van der Waals surface area contributed by atoms with Gasteiger partial charge < -0.3 is 14.2 Å². The van der Waals surface area contributed by atoms with Crippen molar-refractivity contribution in [1.82, 2.24) is 0 Å². The average molecular weight is 916 g/mol. The molecule has 0 radical (unpaired) electrons. The van der Waals surface area contributed by atoms with Gasteiger partial charge in [-0.15, -0.1) is 0 Å². The zero-order chi connectivity index (χ0) is 47.2. The Morgan fingerprint density at radius 3 is 0.769 bits per heavy atom. The fraction of sp³-hybridized carbons (Fsp3) is 0.881. The average Bonchev–Trinajstić information content (AvgIpc) is 3.30. The van der Waals surface area contributed by atoms with Crippen LogP contribution in [0.3, 0.4) is 0 Å². The molecule has 0 aromatic rings. The molecule has 0 heterocycles. The van der Waals surface area contributed by atoms with E-state index in [1.165, 1.54) is 212 Å². The van der Waals surface area contributed by atoms with Crippen molar-refractivity contribution in [1.29, 1.82) is 0 Å². The van der Waals surface area contributed by atoms with Crippen LogP contribution in [-0.4, -0.2) is 37.2 Å². The minimum atomic E-state index is -0.773. The Morgan fingerprint density at radius 2 is 0.508 bits per heavy atom. The fourth-order valence-electron chi connectivity index (χ4n) is 8.55. The van der Waals surface area contributed by atoms with Crippen molar-refractivity contribution in [2.75, 3.05) is 13.2 Å². The van der Waals surface area contributed by atoms with Crippen LogP contribution >= 0.6 is 0 Å². The normalized spacial score (nSPS) is 12.1. The molecule has 0 bridgehead atoms. The molecule has 0 spiro atoms. The van der Waals surface area contributed by atoms with Gasteiger partial charge in [0.2, 0.25) is 0 Å². The summed E-state index contributed by atoms with van der Waals surface area (Å²) in [6.07, 6.45) is 63.0. The molecule has 0 N–H and O–H groups in total. The molecule has 0 fully saturated rings. The van der Waals surface area contributed by atoms with Crippen molar-refractivity contribution in [3.05, 3.63) is 24.3 Å². The third kappa shape index (κ3) is 52.7. The second kappa shape index (κ2) is 54.5. The van der Waals surface area contributed by atoms with E-state index < -0.39 is 6.10 Å². The quantitative estimate of drug-likeness (QED) is 0.0262. The second-order valence-corrected chi connectivity index (χ2v) is 19.6. The number of hydrogen-bond acceptors (Lipinski definition) is 6. The molecule has 382 valence electrons. The summed E-state index contributed by atoms with van der Waals surface area (Å²) >= 11 is 0. The van der Waals surface area contributed by atoms with E-state index in [0.717, 1.165) is 64.2 Å². The van der Waals surface area contributed by atoms with E-state index >= 15 is 0 Å². The van der Waals surface area contributed by atoms with Crippen LogP contribution in [0.25, 0.3) is 0 Å². The summed E-state index contributed by atoms with van der Waals surface area (Å²) in [5, 5.41) is 0. The summed E-state index contributed by atoms with van der Waals surface area (Å²) in [4.78, 5) is 38.1. The van der Waals surface area contributed by atoms with Crippen LogP contribution in [0.5, 0.6) is 0 Å². The SMILES string of the molecule is CCCCCCCC/C=C\CCCCCCCCCC(=O)OC[C@@H](COC(=O)CCCCCCCCCCCCCCCCC)OC(=O)CCCCCCC/C=C\CCCCCCCC. The van der Waals surface area contributed by atoms with Gasteiger partial charge in [0.25, 0.3) is 0 Å². The second-order valence-electron chi connectivity index (χ2n) is 19.6. The lowest BCUT2D eigenvalue weighted by Crippen LogP contribution is -2.30. The highest BCUT2D eigenvalue weighted by molar-refractivity contribution is 5.71. The molecule has 65 heavy (non-hydrogen) atoms. The van der Waals surface area contributed by atoms with Gasteiger partial charge >= 0.3 is 17.9 Å². The molecular formula is C59H110O6. The Morgan fingerprint density at radius 1 is 0.292 bits per heavy atom. The van der Waals surface area contributed by atoms with Gasteiger partial charge in [-0.1, -0.05) is 251 Å². The molecule has 0 aliphatic rings. The van der Waals surface area contributed by atoms with Gasteiger partial charge in [-0.2, -0.15) is 0 Å². The molecule has 0 aliphatic carbocycles. The van der Waals surface area contributed by atoms with Crippen LogP contribution in [0.1, 0.15) is 316 Å². The van der Waals surface area contributed by atoms with Crippen molar-refractivity contribution in [3.8, 4) is 0 Å². The molecule has 0 rings (SSSR count). The lowest BCUT2D eigenvalue weighted by atomic mass is 10.0. The van der Waals surface area contributed by atoms with Gasteiger partial charge in [0.05, 0.1) is 0 Å². The first-order valence-electron chi connectivity index (χ1n) is 28.8. The molecule has 1 atom stereocenters. The molecule has 0 aliphatic heterocycles. The van der Waals surface area contributed by atoms with Crippen LogP contribution in [0.15, 0.2) is 24.3 Å². The Labute approximate surface area is 404 Å². The molecular weight excluding hydrogens is 805 g/mol. The van der Waals surface area contributed by atoms with E-state index in [9.17, 15) is 14.4 Å². The third-order valence-corrected chi connectivity index (χ3v) is 12.9. The van der Waals surface area contributed by atoms with Gasteiger partial charge in [-0.25, -0.2) is 0 Å². The summed E-state index contributed by atoms with van der Waals surface area (Å²) in [6, 6.07) is 0. The van der Waals surface area contributed by atoms with Crippen molar-refractivity contribution < 1.29 is 28.6 Å². The Kier molecular flexibility index (Phi) is 52.7. The minimum absolute atomic E-state index is 0.0715. The molecule has 6 nitrogen and oxygen atoms in total. The smallest absolute Gasteiger partial charge is 0.306 e. The summed E-state index contributed by atoms with van der Waals surface area (Å²) in [7, 11) is 0. The maximum atomic E-state index is 12.8. The zero-order valence-electron chi connectivity index (χ0n) is 43.8. The van der Waals surface area contributed by atoms with Crippen LogP contribution < -0.4 is 0 Å². The van der Waals surface area contributed by atoms with E-state index in [1.807, 2.05) is 0 Å². The number of carbonyl (C=O) groups excluding carboxylic acids is 3. The highest BCUT2D eigenvalue weighted by Gasteiger charge is 2.19. The number of allylic oxidation sites excluding steroid dienone is 4. The van der Waals surface area contributed by atoms with Crippen molar-refractivity contribution in [2.45, 2.75) is 322 Å². The van der Waals surface area contributed by atoms with Crippen LogP contribution in [0, 0.1) is 0 Å². The van der Waals surface area contributed by atoms with Gasteiger partial charge in [0, 0.05) is 19.3 Å². The van der Waals surface area contributed by atoms with Gasteiger partial charge in [-0.05, 0) is 70.6 Å². The van der Waals surface area contributed by atoms with Gasteiger partial charge in [0.1, 0.15) is 13.2 Å². The molecule has 0 aromatic carbocycles. The number of hydrogen-bond donors (Lipinski definition) is 0. The van der Waals surface area contributed by atoms with E-state index in [0.29, 0.717) is 19.3 Å². The largest absolute Gasteiger partial charge is 0.462 e. The summed E-state index contributed by atoms with van der Waals surface area (Å²) in [5.41, 5.74) is 0. The first kappa shape index (κ1) is 62.9. The Bertz CT molecular complexity index is 1050. The molecule has 0 aromatic heterocycles. The highest BCUT2D eigenvalue weighted by atomic mass is 16.6. The fourth-order valence-corrected chi connectivity index (χ4v) is 8.55. The lowest BCUT2D eigenvalue weighted by Gasteiger charge is -2.18. The number of ether oxygens (including phenoxy) is 3. The van der Waals surface area contributed by atoms with Crippen molar-refractivity contribution in [2.24, 2.45) is 0 Å². The van der Waals surface area contributed by atoms with Crippen molar-refractivity contribution in [3.63, 3.8) is 0 Å². The van der Waals surface area contributed by atoms with Gasteiger partial charge in [-0.3, -0.25) is 14.4 Å². The maximum Gasteiger partial charge on any atom is 0.306 e.